The lowest BCUT2D eigenvalue weighted by atomic mass is 10.2. The summed E-state index contributed by atoms with van der Waals surface area (Å²) in [5, 5.41) is 13.6. The van der Waals surface area contributed by atoms with Crippen LogP contribution in [0.4, 0.5) is 14.9 Å². The SMILES string of the molecule is Cc1cc(F)ccc1NC(=O)NCC(C)C(=O)O. The van der Waals surface area contributed by atoms with Gasteiger partial charge in [-0.3, -0.25) is 4.79 Å². The highest BCUT2D eigenvalue weighted by atomic mass is 19.1. The van der Waals surface area contributed by atoms with Crippen LogP contribution in [0.5, 0.6) is 0 Å². The standard InChI is InChI=1S/C12H15FN2O3/c1-7-5-9(13)3-4-10(7)15-12(18)14-6-8(2)11(16)17/h3-5,8H,6H2,1-2H3,(H,16,17)(H2,14,15,18). The largest absolute Gasteiger partial charge is 0.481 e. The summed E-state index contributed by atoms with van der Waals surface area (Å²) in [4.78, 5) is 22.0. The van der Waals surface area contributed by atoms with Crippen molar-refractivity contribution in [3.05, 3.63) is 29.6 Å². The van der Waals surface area contributed by atoms with Crippen molar-refractivity contribution in [3.63, 3.8) is 0 Å². The minimum Gasteiger partial charge on any atom is -0.481 e. The van der Waals surface area contributed by atoms with Crippen LogP contribution in [-0.4, -0.2) is 23.7 Å². The molecule has 0 spiro atoms. The zero-order valence-electron chi connectivity index (χ0n) is 10.2. The van der Waals surface area contributed by atoms with Crippen molar-refractivity contribution in [2.45, 2.75) is 13.8 Å². The first kappa shape index (κ1) is 14.0. The number of anilines is 1. The van der Waals surface area contributed by atoms with Gasteiger partial charge in [-0.25, -0.2) is 9.18 Å². The van der Waals surface area contributed by atoms with Crippen LogP contribution < -0.4 is 10.6 Å². The smallest absolute Gasteiger partial charge is 0.319 e. The van der Waals surface area contributed by atoms with E-state index >= 15 is 0 Å². The van der Waals surface area contributed by atoms with Crippen molar-refractivity contribution in [2.24, 2.45) is 5.92 Å². The fourth-order valence-electron chi connectivity index (χ4n) is 1.27. The number of aryl methyl sites for hydroxylation is 1. The summed E-state index contributed by atoms with van der Waals surface area (Å²) in [6, 6.07) is 3.47. The molecular weight excluding hydrogens is 239 g/mol. The van der Waals surface area contributed by atoms with Crippen molar-refractivity contribution in [1.29, 1.82) is 0 Å². The Balaban J connectivity index is 2.52. The Bertz CT molecular complexity index is 463. The van der Waals surface area contributed by atoms with Crippen LogP contribution >= 0.6 is 0 Å². The zero-order chi connectivity index (χ0) is 13.7. The van der Waals surface area contributed by atoms with E-state index in [1.54, 1.807) is 6.92 Å². The quantitative estimate of drug-likeness (QED) is 0.768. The van der Waals surface area contributed by atoms with Crippen LogP contribution in [0.1, 0.15) is 12.5 Å². The van der Waals surface area contributed by atoms with Gasteiger partial charge in [0.2, 0.25) is 0 Å². The minimum absolute atomic E-state index is 0.0292. The van der Waals surface area contributed by atoms with E-state index in [2.05, 4.69) is 10.6 Å². The summed E-state index contributed by atoms with van der Waals surface area (Å²) >= 11 is 0. The van der Waals surface area contributed by atoms with Gasteiger partial charge in [-0.1, -0.05) is 6.92 Å². The van der Waals surface area contributed by atoms with Gasteiger partial charge in [0, 0.05) is 12.2 Å². The summed E-state index contributed by atoms with van der Waals surface area (Å²) in [7, 11) is 0. The van der Waals surface area contributed by atoms with Crippen molar-refractivity contribution in [3.8, 4) is 0 Å². The maximum atomic E-state index is 12.8. The average molecular weight is 254 g/mol. The highest BCUT2D eigenvalue weighted by Crippen LogP contribution is 2.15. The van der Waals surface area contributed by atoms with Crippen LogP contribution in [0.2, 0.25) is 0 Å². The van der Waals surface area contributed by atoms with Gasteiger partial charge in [0.25, 0.3) is 0 Å². The highest BCUT2D eigenvalue weighted by Gasteiger charge is 2.12. The summed E-state index contributed by atoms with van der Waals surface area (Å²) in [5.41, 5.74) is 1.08. The van der Waals surface area contributed by atoms with Crippen LogP contribution in [0, 0.1) is 18.7 Å². The molecule has 0 aliphatic carbocycles. The second kappa shape index (κ2) is 6.00. The Morgan fingerprint density at radius 3 is 2.67 bits per heavy atom. The Labute approximate surface area is 104 Å². The van der Waals surface area contributed by atoms with E-state index in [-0.39, 0.29) is 12.4 Å². The van der Waals surface area contributed by atoms with Crippen molar-refractivity contribution in [1.82, 2.24) is 5.32 Å². The number of carboxylic acids is 1. The summed E-state index contributed by atoms with van der Waals surface area (Å²) in [5.74, 6) is -2.02. The Morgan fingerprint density at radius 2 is 2.11 bits per heavy atom. The zero-order valence-corrected chi connectivity index (χ0v) is 10.2. The van der Waals surface area contributed by atoms with Crippen LogP contribution in [0.3, 0.4) is 0 Å². The lowest BCUT2D eigenvalue weighted by Gasteiger charge is -2.11. The Hall–Kier alpha value is -2.11. The van der Waals surface area contributed by atoms with Gasteiger partial charge >= 0.3 is 12.0 Å². The molecule has 0 radical (unpaired) electrons. The molecule has 5 nitrogen and oxygen atoms in total. The van der Waals surface area contributed by atoms with E-state index in [9.17, 15) is 14.0 Å². The average Bonchev–Trinajstić information content (AvgIpc) is 2.29. The van der Waals surface area contributed by atoms with E-state index in [1.165, 1.54) is 25.1 Å². The van der Waals surface area contributed by atoms with Gasteiger partial charge in [-0.05, 0) is 30.7 Å². The third kappa shape index (κ3) is 4.04. The lowest BCUT2D eigenvalue weighted by molar-refractivity contribution is -0.140. The van der Waals surface area contributed by atoms with Gasteiger partial charge in [0.1, 0.15) is 5.82 Å². The molecule has 1 aromatic carbocycles. The number of aliphatic carboxylic acids is 1. The van der Waals surface area contributed by atoms with Gasteiger partial charge in [-0.15, -0.1) is 0 Å². The molecule has 6 heteroatoms. The molecule has 0 aromatic heterocycles. The molecule has 18 heavy (non-hydrogen) atoms. The Kier molecular flexibility index (Phi) is 4.65. The third-order valence-electron chi connectivity index (χ3n) is 2.43. The summed E-state index contributed by atoms with van der Waals surface area (Å²) in [6.07, 6.45) is 0. The fourth-order valence-corrected chi connectivity index (χ4v) is 1.27. The van der Waals surface area contributed by atoms with Gasteiger partial charge in [-0.2, -0.15) is 0 Å². The first-order valence-electron chi connectivity index (χ1n) is 5.44. The molecule has 0 fully saturated rings. The first-order chi connectivity index (χ1) is 8.40. The van der Waals surface area contributed by atoms with Gasteiger partial charge in [0.15, 0.2) is 0 Å². The lowest BCUT2D eigenvalue weighted by Crippen LogP contribution is -2.34. The molecule has 98 valence electrons. The van der Waals surface area contributed by atoms with E-state index in [4.69, 9.17) is 5.11 Å². The van der Waals surface area contributed by atoms with E-state index < -0.39 is 17.9 Å². The molecule has 0 heterocycles. The number of amides is 2. The number of halogens is 1. The van der Waals surface area contributed by atoms with E-state index in [0.29, 0.717) is 11.3 Å². The minimum atomic E-state index is -0.978. The molecular formula is C12H15FN2O3. The molecule has 0 bridgehead atoms. The highest BCUT2D eigenvalue weighted by molar-refractivity contribution is 5.90. The molecule has 1 unspecified atom stereocenters. The number of carbonyl (C=O) groups is 2. The number of urea groups is 1. The number of hydrogen-bond donors (Lipinski definition) is 3. The molecule has 0 aliphatic rings. The topological polar surface area (TPSA) is 78.4 Å². The number of benzene rings is 1. The number of rotatable bonds is 4. The van der Waals surface area contributed by atoms with Gasteiger partial charge in [0.05, 0.1) is 5.92 Å². The summed E-state index contributed by atoms with van der Waals surface area (Å²) in [6.45, 7) is 3.19. The maximum Gasteiger partial charge on any atom is 0.319 e. The van der Waals surface area contributed by atoms with Crippen molar-refractivity contribution < 1.29 is 19.1 Å². The monoisotopic (exact) mass is 254 g/mol. The third-order valence-corrected chi connectivity index (χ3v) is 2.43. The normalized spacial score (nSPS) is 11.7. The summed E-state index contributed by atoms with van der Waals surface area (Å²) < 4.78 is 12.8. The number of carbonyl (C=O) groups excluding carboxylic acids is 1. The number of carboxylic acid groups (broad SMARTS) is 1. The molecule has 3 N–H and O–H groups in total. The molecule has 0 aliphatic heterocycles. The van der Waals surface area contributed by atoms with Crippen LogP contribution in [0.25, 0.3) is 0 Å². The first-order valence-corrected chi connectivity index (χ1v) is 5.44. The maximum absolute atomic E-state index is 12.8. The number of hydrogen-bond acceptors (Lipinski definition) is 2. The fraction of sp³-hybridized carbons (Fsp3) is 0.333. The number of nitrogens with one attached hydrogen (secondary N) is 2. The second-order valence-electron chi connectivity index (χ2n) is 4.03. The predicted octanol–water partition coefficient (Wildman–Crippen LogP) is 1.98. The molecule has 2 amide bonds. The van der Waals surface area contributed by atoms with E-state index in [1.807, 2.05) is 0 Å². The van der Waals surface area contributed by atoms with Crippen molar-refractivity contribution in [2.75, 3.05) is 11.9 Å². The molecule has 0 saturated heterocycles. The Morgan fingerprint density at radius 1 is 1.44 bits per heavy atom. The molecule has 1 rings (SSSR count). The van der Waals surface area contributed by atoms with Gasteiger partial charge < -0.3 is 15.7 Å². The van der Waals surface area contributed by atoms with Crippen molar-refractivity contribution >= 4 is 17.7 Å². The molecule has 1 aromatic rings. The van der Waals surface area contributed by atoms with Crippen LogP contribution in [-0.2, 0) is 4.79 Å². The second-order valence-corrected chi connectivity index (χ2v) is 4.03. The van der Waals surface area contributed by atoms with Crippen LogP contribution in [0.15, 0.2) is 18.2 Å². The molecule has 0 saturated carbocycles. The van der Waals surface area contributed by atoms with E-state index in [0.717, 1.165) is 0 Å². The molecule has 1 atom stereocenters. The predicted molar refractivity (Wildman–Crippen MR) is 65.0 cm³/mol.